The molecule has 0 saturated carbocycles. The van der Waals surface area contributed by atoms with Crippen molar-refractivity contribution in [3.63, 3.8) is 0 Å². The van der Waals surface area contributed by atoms with Gasteiger partial charge in [0.15, 0.2) is 6.30 Å². The van der Waals surface area contributed by atoms with Gasteiger partial charge in [-0.1, -0.05) is 35.9 Å². The van der Waals surface area contributed by atoms with Gasteiger partial charge >= 0.3 is 0 Å². The zero-order valence-corrected chi connectivity index (χ0v) is 22.5. The van der Waals surface area contributed by atoms with Crippen LogP contribution in [0, 0.1) is 11.6 Å². The summed E-state index contributed by atoms with van der Waals surface area (Å²) in [6.07, 6.45) is 4.85. The first-order chi connectivity index (χ1) is 19.3. The first-order valence-electron chi connectivity index (χ1n) is 13.7. The van der Waals surface area contributed by atoms with Gasteiger partial charge in [-0.05, 0) is 91.8 Å². The first-order valence-corrected chi connectivity index (χ1v) is 13.7. The van der Waals surface area contributed by atoms with Crippen LogP contribution in [0.2, 0.25) is 0 Å². The molecule has 4 nitrogen and oxygen atoms in total. The highest BCUT2D eigenvalue weighted by Crippen LogP contribution is 2.35. The predicted octanol–water partition coefficient (Wildman–Crippen LogP) is 8.06. The Hall–Kier alpha value is -4.13. The SMILES string of the molecule is CC1=Cc2cc(C(=O)N3CCC(c4nc5ccccc5n4C(C)F)CC3)ccc2C(c2cc(F)cc(F)c2)=CC1. The topological polar surface area (TPSA) is 38.1 Å². The van der Waals surface area contributed by atoms with E-state index in [-0.39, 0.29) is 11.8 Å². The van der Waals surface area contributed by atoms with Gasteiger partial charge in [0.2, 0.25) is 0 Å². The molecule has 0 spiro atoms. The summed E-state index contributed by atoms with van der Waals surface area (Å²) in [5.41, 5.74) is 6.11. The summed E-state index contributed by atoms with van der Waals surface area (Å²) in [6.45, 7) is 4.62. The van der Waals surface area contributed by atoms with Crippen LogP contribution in [0.5, 0.6) is 0 Å². The largest absolute Gasteiger partial charge is 0.339 e. The number of rotatable bonds is 4. The van der Waals surface area contributed by atoms with Crippen molar-refractivity contribution in [3.8, 4) is 0 Å². The maximum Gasteiger partial charge on any atom is 0.253 e. The van der Waals surface area contributed by atoms with Crippen LogP contribution in [0.1, 0.15) is 78.2 Å². The molecular formula is C33H30F3N3O. The lowest BCUT2D eigenvalue weighted by Crippen LogP contribution is -2.38. The number of carbonyl (C=O) groups is 1. The van der Waals surface area contributed by atoms with Crippen molar-refractivity contribution in [1.82, 2.24) is 14.5 Å². The molecule has 1 aliphatic heterocycles. The van der Waals surface area contributed by atoms with Crippen LogP contribution in [0.25, 0.3) is 22.7 Å². The molecule has 40 heavy (non-hydrogen) atoms. The van der Waals surface area contributed by atoms with Gasteiger partial charge in [0.05, 0.1) is 11.0 Å². The van der Waals surface area contributed by atoms with Crippen molar-refractivity contribution in [1.29, 1.82) is 0 Å². The van der Waals surface area contributed by atoms with Crippen LogP contribution in [-0.2, 0) is 0 Å². The second-order valence-electron chi connectivity index (χ2n) is 10.7. The molecule has 1 aliphatic carbocycles. The number of hydrogen-bond acceptors (Lipinski definition) is 2. The minimum Gasteiger partial charge on any atom is -0.339 e. The van der Waals surface area contributed by atoms with Gasteiger partial charge in [0, 0.05) is 30.6 Å². The maximum absolute atomic E-state index is 14.6. The number of piperidine rings is 1. The number of amides is 1. The van der Waals surface area contributed by atoms with Crippen molar-refractivity contribution >= 4 is 28.6 Å². The van der Waals surface area contributed by atoms with E-state index >= 15 is 0 Å². The Bertz CT molecular complexity index is 1660. The van der Waals surface area contributed by atoms with Crippen LogP contribution in [-0.4, -0.2) is 33.4 Å². The molecule has 6 rings (SSSR count). The van der Waals surface area contributed by atoms with Gasteiger partial charge in [0.25, 0.3) is 5.91 Å². The standard InChI is InChI=1S/C33H30F3N3O/c1-20-7-9-28(25-17-26(35)19-27(36)18-25)29-10-8-23(16-24(29)15-20)33(40)38-13-11-22(12-14-38)32-37-30-5-3-4-6-31(30)39(32)21(2)34/h3-6,8-10,15-19,21-22H,7,11-14H2,1-2H3. The molecule has 1 saturated heterocycles. The molecule has 0 radical (unpaired) electrons. The molecule has 4 aromatic rings. The number of imidazole rings is 1. The number of halogens is 3. The predicted molar refractivity (Wildman–Crippen MR) is 152 cm³/mol. The van der Waals surface area contributed by atoms with E-state index in [0.717, 1.165) is 45.2 Å². The number of fused-ring (bicyclic) bond motifs is 2. The number of benzene rings is 3. The van der Waals surface area contributed by atoms with Gasteiger partial charge in [-0.15, -0.1) is 0 Å². The van der Waals surface area contributed by atoms with Crippen LogP contribution in [0.15, 0.2) is 72.3 Å². The number of allylic oxidation sites excluding steroid dienone is 2. The van der Waals surface area contributed by atoms with Crippen molar-refractivity contribution in [3.05, 3.63) is 112 Å². The van der Waals surface area contributed by atoms with Gasteiger partial charge in [-0.2, -0.15) is 0 Å². The van der Waals surface area contributed by atoms with Crippen molar-refractivity contribution in [2.75, 3.05) is 13.1 Å². The molecule has 204 valence electrons. The summed E-state index contributed by atoms with van der Waals surface area (Å²) in [6, 6.07) is 16.6. The Labute approximate surface area is 231 Å². The van der Waals surface area contributed by atoms with Crippen LogP contribution < -0.4 is 0 Å². The summed E-state index contributed by atoms with van der Waals surface area (Å²) < 4.78 is 44.3. The third kappa shape index (κ3) is 4.85. The van der Waals surface area contributed by atoms with Gasteiger partial charge < -0.3 is 4.90 Å². The molecule has 7 heteroatoms. The van der Waals surface area contributed by atoms with Gasteiger partial charge in [-0.3, -0.25) is 9.36 Å². The van der Waals surface area contributed by atoms with E-state index in [0.29, 0.717) is 43.5 Å². The normalized spacial score (nSPS) is 16.8. The van der Waals surface area contributed by atoms with Crippen molar-refractivity contribution < 1.29 is 18.0 Å². The van der Waals surface area contributed by atoms with Crippen molar-refractivity contribution in [2.45, 2.75) is 45.3 Å². The number of aromatic nitrogens is 2. The Balaban J connectivity index is 1.24. The summed E-state index contributed by atoms with van der Waals surface area (Å²) in [7, 11) is 0. The lowest BCUT2D eigenvalue weighted by molar-refractivity contribution is 0.0708. The molecule has 1 aromatic heterocycles. The average molecular weight is 542 g/mol. The third-order valence-corrected chi connectivity index (χ3v) is 7.92. The number of carbonyl (C=O) groups excluding carboxylic acids is 1. The molecule has 0 bridgehead atoms. The van der Waals surface area contributed by atoms with E-state index in [4.69, 9.17) is 4.98 Å². The van der Waals surface area contributed by atoms with E-state index in [2.05, 4.69) is 0 Å². The molecule has 1 fully saturated rings. The van der Waals surface area contributed by atoms with E-state index in [1.165, 1.54) is 19.1 Å². The zero-order valence-electron chi connectivity index (χ0n) is 22.5. The zero-order chi connectivity index (χ0) is 28.0. The Morgan fingerprint density at radius 1 is 1.00 bits per heavy atom. The van der Waals surface area contributed by atoms with E-state index in [9.17, 15) is 18.0 Å². The van der Waals surface area contributed by atoms with E-state index in [1.807, 2.05) is 60.4 Å². The van der Waals surface area contributed by atoms with Crippen LogP contribution in [0.3, 0.4) is 0 Å². The van der Waals surface area contributed by atoms with E-state index in [1.54, 1.807) is 10.6 Å². The van der Waals surface area contributed by atoms with Gasteiger partial charge in [-0.25, -0.2) is 18.2 Å². The van der Waals surface area contributed by atoms with Crippen LogP contribution in [0.4, 0.5) is 13.2 Å². The summed E-state index contributed by atoms with van der Waals surface area (Å²) in [4.78, 5) is 20.2. The molecule has 3 aromatic carbocycles. The third-order valence-electron chi connectivity index (χ3n) is 7.92. The smallest absolute Gasteiger partial charge is 0.253 e. The Morgan fingerprint density at radius 2 is 1.73 bits per heavy atom. The molecule has 1 atom stereocenters. The molecular weight excluding hydrogens is 511 g/mol. The lowest BCUT2D eigenvalue weighted by atomic mass is 9.92. The number of alkyl halides is 1. The first kappa shape index (κ1) is 26.1. The Morgan fingerprint density at radius 3 is 2.45 bits per heavy atom. The average Bonchev–Trinajstić information content (AvgIpc) is 3.24. The summed E-state index contributed by atoms with van der Waals surface area (Å²) in [5.74, 6) is -0.517. The Kier molecular flexibility index (Phi) is 6.82. The molecule has 0 N–H and O–H groups in total. The summed E-state index contributed by atoms with van der Waals surface area (Å²) >= 11 is 0. The number of hydrogen-bond donors (Lipinski definition) is 0. The minimum absolute atomic E-state index is 0.0617. The highest BCUT2D eigenvalue weighted by Gasteiger charge is 2.29. The quantitative estimate of drug-likeness (QED) is 0.262. The number of likely N-dealkylation sites (tertiary alicyclic amines) is 1. The minimum atomic E-state index is -1.19. The maximum atomic E-state index is 14.6. The highest BCUT2D eigenvalue weighted by atomic mass is 19.1. The molecule has 1 amide bonds. The van der Waals surface area contributed by atoms with Crippen LogP contribution >= 0.6 is 0 Å². The molecule has 2 aliphatic rings. The highest BCUT2D eigenvalue weighted by molar-refractivity contribution is 5.97. The summed E-state index contributed by atoms with van der Waals surface area (Å²) in [5, 5.41) is 0. The van der Waals surface area contributed by atoms with Crippen molar-refractivity contribution in [2.24, 2.45) is 0 Å². The number of para-hydroxylation sites is 2. The molecule has 2 heterocycles. The lowest BCUT2D eigenvalue weighted by Gasteiger charge is -2.32. The monoisotopic (exact) mass is 541 g/mol. The fourth-order valence-corrected chi connectivity index (χ4v) is 5.99. The fraction of sp³-hybridized carbons (Fsp3) is 0.273. The molecule has 1 unspecified atom stereocenters. The van der Waals surface area contributed by atoms with E-state index < -0.39 is 17.9 Å². The second-order valence-corrected chi connectivity index (χ2v) is 10.7. The number of nitrogens with zero attached hydrogens (tertiary/aromatic N) is 3. The second kappa shape index (κ2) is 10.5. The van der Waals surface area contributed by atoms with Gasteiger partial charge in [0.1, 0.15) is 17.5 Å². The fourth-order valence-electron chi connectivity index (χ4n) is 5.99.